The summed E-state index contributed by atoms with van der Waals surface area (Å²) in [6.07, 6.45) is 3.18. The van der Waals surface area contributed by atoms with Gasteiger partial charge in [0.15, 0.2) is 0 Å². The van der Waals surface area contributed by atoms with Gasteiger partial charge in [-0.1, -0.05) is 37.3 Å². The van der Waals surface area contributed by atoms with Crippen molar-refractivity contribution in [3.05, 3.63) is 47.2 Å². The zero-order chi connectivity index (χ0) is 14.1. The lowest BCUT2D eigenvalue weighted by molar-refractivity contribution is -0.375. The third kappa shape index (κ3) is 2.04. The third-order valence-corrected chi connectivity index (χ3v) is 4.08. The van der Waals surface area contributed by atoms with Gasteiger partial charge in [-0.15, -0.1) is 0 Å². The number of pyridine rings is 1. The van der Waals surface area contributed by atoms with Crippen LogP contribution in [0.1, 0.15) is 30.2 Å². The zero-order valence-corrected chi connectivity index (χ0v) is 11.6. The van der Waals surface area contributed by atoms with Crippen molar-refractivity contribution in [1.82, 2.24) is 0 Å². The summed E-state index contributed by atoms with van der Waals surface area (Å²) >= 11 is 0. The average Bonchev–Trinajstić information content (AvgIpc) is 2.47. The van der Waals surface area contributed by atoms with Crippen LogP contribution in [0.2, 0.25) is 0 Å². The molecule has 1 aromatic heterocycles. The van der Waals surface area contributed by atoms with E-state index in [9.17, 15) is 5.26 Å². The highest BCUT2D eigenvalue weighted by atomic mass is 14.9. The predicted molar refractivity (Wildman–Crippen MR) is 78.8 cm³/mol. The molecule has 3 nitrogen and oxygen atoms in total. The van der Waals surface area contributed by atoms with Crippen LogP contribution in [0.4, 0.5) is 5.82 Å². The lowest BCUT2D eigenvalue weighted by atomic mass is 9.82. The number of aryl methyl sites for hydroxylation is 1. The number of rotatable bonds is 1. The Morgan fingerprint density at radius 2 is 2.05 bits per heavy atom. The summed E-state index contributed by atoms with van der Waals surface area (Å²) in [4.78, 5) is 3.23. The minimum Gasteiger partial charge on any atom is -0.286 e. The second-order valence-corrected chi connectivity index (χ2v) is 5.57. The van der Waals surface area contributed by atoms with Crippen LogP contribution >= 0.6 is 0 Å². The minimum atomic E-state index is 0.486. The van der Waals surface area contributed by atoms with Gasteiger partial charge in [-0.3, -0.25) is 5.73 Å². The number of fused-ring (bicyclic) bond motifs is 1. The van der Waals surface area contributed by atoms with Crippen LogP contribution in [0.25, 0.3) is 11.1 Å². The molecule has 1 aliphatic carbocycles. The Morgan fingerprint density at radius 3 is 2.75 bits per heavy atom. The van der Waals surface area contributed by atoms with Crippen molar-refractivity contribution in [1.29, 1.82) is 5.26 Å². The number of nitrogens with one attached hydrogen (secondary N) is 1. The summed E-state index contributed by atoms with van der Waals surface area (Å²) < 4.78 is 0. The largest absolute Gasteiger partial charge is 0.289 e. The molecule has 2 aromatic rings. The van der Waals surface area contributed by atoms with E-state index in [-0.39, 0.29) is 0 Å². The molecule has 0 unspecified atom stereocenters. The molecule has 0 bridgehead atoms. The number of nitrogens with two attached hydrogens (primary N) is 1. The molecule has 1 heterocycles. The van der Waals surface area contributed by atoms with Crippen molar-refractivity contribution >= 4 is 5.82 Å². The van der Waals surface area contributed by atoms with Crippen LogP contribution in [-0.2, 0) is 12.8 Å². The Labute approximate surface area is 119 Å². The van der Waals surface area contributed by atoms with Gasteiger partial charge in [-0.2, -0.15) is 5.26 Å². The third-order valence-electron chi connectivity index (χ3n) is 4.08. The lowest BCUT2D eigenvalue weighted by Gasteiger charge is -2.23. The smallest absolute Gasteiger partial charge is 0.286 e. The number of anilines is 1. The highest BCUT2D eigenvalue weighted by molar-refractivity contribution is 5.77. The van der Waals surface area contributed by atoms with E-state index in [1.807, 2.05) is 18.2 Å². The molecule has 3 N–H and O–H groups in total. The quantitative estimate of drug-likeness (QED) is 0.860. The fourth-order valence-electron chi connectivity index (χ4n) is 3.06. The van der Waals surface area contributed by atoms with Crippen molar-refractivity contribution in [3.63, 3.8) is 0 Å². The van der Waals surface area contributed by atoms with Crippen molar-refractivity contribution in [3.8, 4) is 17.2 Å². The van der Waals surface area contributed by atoms with Gasteiger partial charge in [0, 0.05) is 17.5 Å². The number of benzene rings is 1. The first-order valence-corrected chi connectivity index (χ1v) is 7.02. The topological polar surface area (TPSA) is 63.9 Å². The maximum atomic E-state index is 9.48. The fourth-order valence-corrected chi connectivity index (χ4v) is 3.06. The molecule has 20 heavy (non-hydrogen) atoms. The summed E-state index contributed by atoms with van der Waals surface area (Å²) in [5.74, 6) is 1.13. The molecule has 0 radical (unpaired) electrons. The second-order valence-electron chi connectivity index (χ2n) is 5.57. The van der Waals surface area contributed by atoms with E-state index in [0.29, 0.717) is 17.3 Å². The van der Waals surface area contributed by atoms with Gasteiger partial charge in [0.1, 0.15) is 17.3 Å². The Morgan fingerprint density at radius 1 is 1.30 bits per heavy atom. The molecule has 1 aliphatic rings. The van der Waals surface area contributed by atoms with Gasteiger partial charge in [0.05, 0.1) is 0 Å². The Hall–Kier alpha value is -2.34. The van der Waals surface area contributed by atoms with Crippen LogP contribution in [0.15, 0.2) is 30.3 Å². The summed E-state index contributed by atoms with van der Waals surface area (Å²) in [5.41, 5.74) is 11.2. The molecule has 0 saturated heterocycles. The summed E-state index contributed by atoms with van der Waals surface area (Å²) in [5, 5.41) is 9.48. The summed E-state index contributed by atoms with van der Waals surface area (Å²) in [6.45, 7) is 2.26. The van der Waals surface area contributed by atoms with Gasteiger partial charge in [0.25, 0.3) is 5.82 Å². The molecular weight excluding hydrogens is 246 g/mol. The zero-order valence-electron chi connectivity index (χ0n) is 11.6. The van der Waals surface area contributed by atoms with Gasteiger partial charge < -0.3 is 0 Å². The van der Waals surface area contributed by atoms with E-state index in [4.69, 9.17) is 5.73 Å². The van der Waals surface area contributed by atoms with Crippen LogP contribution in [0.3, 0.4) is 0 Å². The molecule has 0 saturated carbocycles. The van der Waals surface area contributed by atoms with Gasteiger partial charge in [-0.05, 0) is 24.3 Å². The summed E-state index contributed by atoms with van der Waals surface area (Å²) in [6, 6.07) is 12.4. The molecule has 0 fully saturated rings. The number of aromatic nitrogens is 1. The number of aromatic amines is 1. The van der Waals surface area contributed by atoms with E-state index < -0.39 is 0 Å². The number of nitrogens with zero attached hydrogens (tertiary/aromatic N) is 1. The van der Waals surface area contributed by atoms with E-state index in [2.05, 4.69) is 30.1 Å². The Balaban J connectivity index is 2.30. The molecule has 100 valence electrons. The molecule has 1 aromatic carbocycles. The Kier molecular flexibility index (Phi) is 3.15. The molecule has 0 amide bonds. The molecule has 3 heteroatoms. The number of H-pyrrole nitrogens is 1. The van der Waals surface area contributed by atoms with Gasteiger partial charge in [-0.25, -0.2) is 4.98 Å². The number of nitrogen functional groups attached to an aromatic ring is 1. The highest BCUT2D eigenvalue weighted by Gasteiger charge is 2.27. The van der Waals surface area contributed by atoms with E-state index in [1.54, 1.807) is 0 Å². The number of hydrogen-bond donors (Lipinski definition) is 1. The second kappa shape index (κ2) is 4.97. The van der Waals surface area contributed by atoms with Crippen molar-refractivity contribution in [2.75, 3.05) is 5.73 Å². The molecular formula is C17H18N3+. The maximum Gasteiger partial charge on any atom is 0.289 e. The van der Waals surface area contributed by atoms with Crippen molar-refractivity contribution in [2.24, 2.45) is 5.92 Å². The standard InChI is InChI=1S/C17H17N3/c1-11-7-8-15-13(9-11)16(12-5-3-2-4-6-12)14(10-18)17(19)20-15/h2-6,11H,7-9H2,1H3,(H2,19,20)/p+1/t11-/m0/s1. The number of hydrogen-bond acceptors (Lipinski definition) is 2. The van der Waals surface area contributed by atoms with E-state index in [0.717, 1.165) is 24.0 Å². The van der Waals surface area contributed by atoms with E-state index >= 15 is 0 Å². The first-order chi connectivity index (χ1) is 9.70. The first-order valence-electron chi connectivity index (χ1n) is 7.02. The molecule has 1 atom stereocenters. The van der Waals surface area contributed by atoms with Gasteiger partial charge >= 0.3 is 0 Å². The monoisotopic (exact) mass is 264 g/mol. The van der Waals surface area contributed by atoms with Crippen LogP contribution in [-0.4, -0.2) is 0 Å². The average molecular weight is 264 g/mol. The first kappa shape index (κ1) is 12.7. The molecule has 3 rings (SSSR count). The lowest BCUT2D eigenvalue weighted by Crippen LogP contribution is -2.26. The molecule has 0 aliphatic heterocycles. The van der Waals surface area contributed by atoms with Gasteiger partial charge in [0.2, 0.25) is 0 Å². The van der Waals surface area contributed by atoms with E-state index in [1.165, 1.54) is 17.7 Å². The normalized spacial score (nSPS) is 17.3. The van der Waals surface area contributed by atoms with Crippen molar-refractivity contribution in [2.45, 2.75) is 26.2 Å². The number of nitriles is 1. The summed E-state index contributed by atoms with van der Waals surface area (Å²) in [7, 11) is 0. The van der Waals surface area contributed by atoms with Crippen LogP contribution in [0, 0.1) is 17.2 Å². The van der Waals surface area contributed by atoms with Crippen LogP contribution in [0.5, 0.6) is 0 Å². The predicted octanol–water partition coefficient (Wildman–Crippen LogP) is 2.75. The SMILES string of the molecule is C[C@H]1CCc2[nH+]c(N)c(C#N)c(-c3ccccc3)c2C1. The minimum absolute atomic E-state index is 0.486. The van der Waals surface area contributed by atoms with Crippen molar-refractivity contribution < 1.29 is 4.98 Å². The fraction of sp³-hybridized carbons (Fsp3) is 0.294. The maximum absolute atomic E-state index is 9.48. The highest BCUT2D eigenvalue weighted by Crippen LogP contribution is 2.35. The molecule has 0 spiro atoms. The Bertz CT molecular complexity index is 684. The van der Waals surface area contributed by atoms with Crippen LogP contribution < -0.4 is 10.7 Å².